The summed E-state index contributed by atoms with van der Waals surface area (Å²) in [6.45, 7) is 4.32. The molecule has 0 unspecified atom stereocenters. The van der Waals surface area contributed by atoms with Gasteiger partial charge in [0.15, 0.2) is 11.0 Å². The van der Waals surface area contributed by atoms with Crippen LogP contribution in [0.25, 0.3) is 11.4 Å². The van der Waals surface area contributed by atoms with Crippen molar-refractivity contribution in [2.45, 2.75) is 24.9 Å². The minimum atomic E-state index is -0.194. The van der Waals surface area contributed by atoms with Crippen molar-refractivity contribution in [3.8, 4) is 11.4 Å². The minimum Gasteiger partial charge on any atom is -0.324 e. The Morgan fingerprint density at radius 2 is 1.86 bits per heavy atom. The Labute approximate surface area is 178 Å². The third kappa shape index (κ3) is 4.87. The second-order valence-corrected chi connectivity index (χ2v) is 8.39. The van der Waals surface area contributed by atoms with Gasteiger partial charge in [0.05, 0.1) is 16.5 Å². The van der Waals surface area contributed by atoms with Gasteiger partial charge in [-0.3, -0.25) is 4.79 Å². The first-order valence-electron chi connectivity index (χ1n) is 8.72. The van der Waals surface area contributed by atoms with Crippen LogP contribution in [-0.4, -0.2) is 26.4 Å². The number of anilines is 1. The van der Waals surface area contributed by atoms with E-state index in [1.165, 1.54) is 17.3 Å². The van der Waals surface area contributed by atoms with Crippen molar-refractivity contribution in [2.24, 2.45) is 7.05 Å². The summed E-state index contributed by atoms with van der Waals surface area (Å²) in [5, 5.41) is 12.9. The number of halogens is 2. The predicted molar refractivity (Wildman–Crippen MR) is 116 cm³/mol. The summed E-state index contributed by atoms with van der Waals surface area (Å²) in [6.07, 6.45) is 0. The molecule has 3 aromatic rings. The lowest BCUT2D eigenvalue weighted by molar-refractivity contribution is -0.113. The second kappa shape index (κ2) is 8.99. The number of aromatic nitrogens is 3. The van der Waals surface area contributed by atoms with Crippen molar-refractivity contribution in [2.75, 3.05) is 11.1 Å². The van der Waals surface area contributed by atoms with Crippen LogP contribution in [0, 0.1) is 0 Å². The first-order chi connectivity index (χ1) is 13.3. The van der Waals surface area contributed by atoms with E-state index < -0.39 is 0 Å². The fraction of sp³-hybridized carbons (Fsp3) is 0.250. The average Bonchev–Trinajstić information content (AvgIpc) is 3.03. The normalized spacial score (nSPS) is 11.1. The predicted octanol–water partition coefficient (Wildman–Crippen LogP) is 5.64. The maximum Gasteiger partial charge on any atom is 0.234 e. The molecule has 1 N–H and O–H groups in total. The Balaban J connectivity index is 1.65. The van der Waals surface area contributed by atoms with Gasteiger partial charge in [0.25, 0.3) is 0 Å². The monoisotopic (exact) mass is 434 g/mol. The van der Waals surface area contributed by atoms with E-state index in [4.69, 9.17) is 23.2 Å². The zero-order valence-electron chi connectivity index (χ0n) is 15.7. The summed E-state index contributed by atoms with van der Waals surface area (Å²) in [5.74, 6) is 1.23. The largest absolute Gasteiger partial charge is 0.324 e. The van der Waals surface area contributed by atoms with E-state index in [2.05, 4.69) is 41.5 Å². The maximum atomic E-state index is 12.2. The van der Waals surface area contributed by atoms with E-state index >= 15 is 0 Å². The molecule has 0 aliphatic heterocycles. The molecular weight excluding hydrogens is 415 g/mol. The van der Waals surface area contributed by atoms with E-state index in [1.54, 1.807) is 18.2 Å². The molecule has 2 aromatic carbocycles. The van der Waals surface area contributed by atoms with Gasteiger partial charge in [0.2, 0.25) is 5.91 Å². The van der Waals surface area contributed by atoms with Gasteiger partial charge in [-0.25, -0.2) is 0 Å². The molecule has 0 saturated carbocycles. The minimum absolute atomic E-state index is 0.182. The van der Waals surface area contributed by atoms with Crippen LogP contribution in [0.3, 0.4) is 0 Å². The molecular formula is C20H20Cl2N4OS. The van der Waals surface area contributed by atoms with Crippen LogP contribution in [0.1, 0.15) is 25.3 Å². The fourth-order valence-electron chi connectivity index (χ4n) is 2.62. The molecule has 146 valence electrons. The van der Waals surface area contributed by atoms with E-state index in [0.29, 0.717) is 26.8 Å². The first kappa shape index (κ1) is 20.7. The van der Waals surface area contributed by atoms with Crippen LogP contribution in [-0.2, 0) is 11.8 Å². The number of hydrogen-bond donors (Lipinski definition) is 1. The van der Waals surface area contributed by atoms with Gasteiger partial charge in [-0.1, -0.05) is 73.1 Å². The number of amides is 1. The number of hydrogen-bond acceptors (Lipinski definition) is 4. The SMILES string of the molecule is CC(C)c1ccc(-c2nnc(SCC(=O)Nc3cc(Cl)ccc3Cl)n2C)cc1. The number of rotatable bonds is 6. The summed E-state index contributed by atoms with van der Waals surface area (Å²) in [4.78, 5) is 12.2. The van der Waals surface area contributed by atoms with Crippen molar-refractivity contribution in [3.05, 3.63) is 58.1 Å². The molecule has 0 atom stereocenters. The zero-order chi connectivity index (χ0) is 20.3. The van der Waals surface area contributed by atoms with Crippen LogP contribution in [0.4, 0.5) is 5.69 Å². The molecule has 3 rings (SSSR count). The Morgan fingerprint density at radius 1 is 1.14 bits per heavy atom. The van der Waals surface area contributed by atoms with Gasteiger partial charge in [-0.15, -0.1) is 10.2 Å². The van der Waals surface area contributed by atoms with Gasteiger partial charge in [0.1, 0.15) is 0 Å². The Bertz CT molecular complexity index is 986. The summed E-state index contributed by atoms with van der Waals surface area (Å²) in [6, 6.07) is 13.2. The third-order valence-electron chi connectivity index (χ3n) is 4.21. The molecule has 8 heteroatoms. The molecule has 1 amide bonds. The molecule has 0 spiro atoms. The number of carbonyl (C=O) groups excluding carboxylic acids is 1. The molecule has 0 fully saturated rings. The van der Waals surface area contributed by atoms with Crippen molar-refractivity contribution < 1.29 is 4.79 Å². The molecule has 28 heavy (non-hydrogen) atoms. The van der Waals surface area contributed by atoms with Crippen LogP contribution in [0.15, 0.2) is 47.6 Å². The number of nitrogens with zero attached hydrogens (tertiary/aromatic N) is 3. The Morgan fingerprint density at radius 3 is 2.54 bits per heavy atom. The molecule has 1 aromatic heterocycles. The van der Waals surface area contributed by atoms with Gasteiger partial charge in [-0.05, 0) is 29.7 Å². The van der Waals surface area contributed by atoms with Gasteiger partial charge in [0, 0.05) is 17.6 Å². The molecule has 0 aliphatic rings. The van der Waals surface area contributed by atoms with E-state index in [1.807, 2.05) is 23.7 Å². The lowest BCUT2D eigenvalue weighted by Gasteiger charge is -2.08. The summed E-state index contributed by atoms with van der Waals surface area (Å²) in [7, 11) is 1.89. The smallest absolute Gasteiger partial charge is 0.234 e. The highest BCUT2D eigenvalue weighted by molar-refractivity contribution is 7.99. The van der Waals surface area contributed by atoms with Crippen molar-refractivity contribution >= 4 is 46.6 Å². The van der Waals surface area contributed by atoms with Crippen molar-refractivity contribution in [3.63, 3.8) is 0 Å². The lowest BCUT2D eigenvalue weighted by atomic mass is 10.0. The summed E-state index contributed by atoms with van der Waals surface area (Å²) >= 11 is 13.3. The van der Waals surface area contributed by atoms with Crippen molar-refractivity contribution in [1.82, 2.24) is 14.8 Å². The summed E-state index contributed by atoms with van der Waals surface area (Å²) < 4.78 is 1.88. The number of benzene rings is 2. The number of nitrogens with one attached hydrogen (secondary N) is 1. The molecule has 0 radical (unpaired) electrons. The fourth-order valence-corrected chi connectivity index (χ4v) is 3.67. The van der Waals surface area contributed by atoms with Gasteiger partial charge in [-0.2, -0.15) is 0 Å². The number of thioether (sulfide) groups is 1. The van der Waals surface area contributed by atoms with E-state index in [9.17, 15) is 4.79 Å². The highest BCUT2D eigenvalue weighted by atomic mass is 35.5. The Hall–Kier alpha value is -2.02. The van der Waals surface area contributed by atoms with Gasteiger partial charge >= 0.3 is 0 Å². The van der Waals surface area contributed by atoms with Crippen molar-refractivity contribution in [1.29, 1.82) is 0 Å². The molecule has 0 aliphatic carbocycles. The van der Waals surface area contributed by atoms with E-state index in [-0.39, 0.29) is 11.7 Å². The summed E-state index contributed by atoms with van der Waals surface area (Å²) in [5.41, 5.74) is 2.75. The maximum absolute atomic E-state index is 12.2. The van der Waals surface area contributed by atoms with Crippen LogP contribution < -0.4 is 5.32 Å². The zero-order valence-corrected chi connectivity index (χ0v) is 18.1. The molecule has 0 bridgehead atoms. The van der Waals surface area contributed by atoms with Crippen LogP contribution in [0.5, 0.6) is 0 Å². The van der Waals surface area contributed by atoms with Crippen LogP contribution in [0.2, 0.25) is 10.0 Å². The second-order valence-electron chi connectivity index (χ2n) is 6.60. The standard InChI is InChI=1S/C20H20Cl2N4OS/c1-12(2)13-4-6-14(7-5-13)19-24-25-20(26(19)3)28-11-18(27)23-17-10-15(21)8-9-16(17)22/h4-10,12H,11H2,1-3H3,(H,23,27). The van der Waals surface area contributed by atoms with Gasteiger partial charge < -0.3 is 9.88 Å². The quantitative estimate of drug-likeness (QED) is 0.509. The topological polar surface area (TPSA) is 59.8 Å². The average molecular weight is 435 g/mol. The third-order valence-corrected chi connectivity index (χ3v) is 5.79. The molecule has 5 nitrogen and oxygen atoms in total. The number of carbonyl (C=O) groups is 1. The highest BCUT2D eigenvalue weighted by Crippen LogP contribution is 2.27. The molecule has 1 heterocycles. The van der Waals surface area contributed by atoms with Crippen LogP contribution >= 0.6 is 35.0 Å². The highest BCUT2D eigenvalue weighted by Gasteiger charge is 2.14. The Kier molecular flexibility index (Phi) is 6.65. The van der Waals surface area contributed by atoms with E-state index in [0.717, 1.165) is 11.4 Å². The lowest BCUT2D eigenvalue weighted by Crippen LogP contribution is -2.14. The first-order valence-corrected chi connectivity index (χ1v) is 10.5. The molecule has 0 saturated heterocycles.